The second kappa shape index (κ2) is 6.38. The largest absolute Gasteiger partial charge is 0.396 e. The average molecular weight is 324 g/mol. The van der Waals surface area contributed by atoms with Crippen LogP contribution in [0.3, 0.4) is 0 Å². The van der Waals surface area contributed by atoms with E-state index in [2.05, 4.69) is 9.97 Å². The van der Waals surface area contributed by atoms with Crippen LogP contribution in [0.15, 0.2) is 12.5 Å². The Morgan fingerprint density at radius 3 is 2.65 bits per heavy atom. The minimum absolute atomic E-state index is 0.0358. The fourth-order valence-corrected chi connectivity index (χ4v) is 2.95. The molecule has 0 spiro atoms. The predicted octanol–water partition coefficient (Wildman–Crippen LogP) is -1.45. The lowest BCUT2D eigenvalue weighted by Gasteiger charge is -2.17. The molecule has 1 aliphatic rings. The standard InChI is InChI=1S/C14H20N4O5/c15-12-9-7(2-1-3-19)4-18(13(9)17-6-16-12)14-11(22)10(21)8(5-20)23-14/h4,6,8,10-11,14,19-22H,1-3,5H2,(H2,15,16,17)/t8-,10-,11-,14?/m1/s1. The Balaban J connectivity index is 2.06. The molecule has 1 fully saturated rings. The van der Waals surface area contributed by atoms with Gasteiger partial charge in [0.25, 0.3) is 0 Å². The van der Waals surface area contributed by atoms with Crippen molar-refractivity contribution >= 4 is 16.9 Å². The van der Waals surface area contributed by atoms with Crippen LogP contribution < -0.4 is 5.73 Å². The summed E-state index contributed by atoms with van der Waals surface area (Å²) < 4.78 is 7.14. The Kier molecular flexibility index (Phi) is 4.46. The van der Waals surface area contributed by atoms with Crippen LogP contribution in [-0.4, -0.2) is 66.5 Å². The third-order valence-corrected chi connectivity index (χ3v) is 4.11. The summed E-state index contributed by atoms with van der Waals surface area (Å²) in [6.45, 7) is -0.365. The van der Waals surface area contributed by atoms with Crippen molar-refractivity contribution in [3.05, 3.63) is 18.1 Å². The van der Waals surface area contributed by atoms with E-state index in [0.29, 0.717) is 29.7 Å². The molecule has 126 valence electrons. The zero-order chi connectivity index (χ0) is 16.6. The molecule has 1 unspecified atom stereocenters. The second-order valence-corrected chi connectivity index (χ2v) is 5.58. The Bertz CT molecular complexity index is 691. The number of fused-ring (bicyclic) bond motifs is 1. The van der Waals surface area contributed by atoms with Crippen molar-refractivity contribution in [3.8, 4) is 0 Å². The molecule has 0 saturated carbocycles. The minimum atomic E-state index is -1.20. The van der Waals surface area contributed by atoms with Gasteiger partial charge in [-0.15, -0.1) is 0 Å². The molecule has 0 radical (unpaired) electrons. The normalized spacial score (nSPS) is 27.8. The van der Waals surface area contributed by atoms with Gasteiger partial charge in [0.2, 0.25) is 0 Å². The SMILES string of the molecule is Nc1ncnc2c1c(CCCO)cn2C1O[C@H](CO)[C@@H](O)[C@H]1O. The van der Waals surface area contributed by atoms with Gasteiger partial charge in [-0.05, 0) is 18.4 Å². The molecule has 4 atom stereocenters. The van der Waals surface area contributed by atoms with E-state index < -0.39 is 31.1 Å². The van der Waals surface area contributed by atoms with Gasteiger partial charge in [-0.25, -0.2) is 9.97 Å². The van der Waals surface area contributed by atoms with Crippen molar-refractivity contribution in [1.29, 1.82) is 0 Å². The minimum Gasteiger partial charge on any atom is -0.396 e. The monoisotopic (exact) mass is 324 g/mol. The van der Waals surface area contributed by atoms with Crippen LogP contribution in [0.1, 0.15) is 18.2 Å². The van der Waals surface area contributed by atoms with Gasteiger partial charge in [0.1, 0.15) is 36.1 Å². The highest BCUT2D eigenvalue weighted by Crippen LogP contribution is 2.34. The summed E-state index contributed by atoms with van der Waals surface area (Å²) >= 11 is 0. The molecular weight excluding hydrogens is 304 g/mol. The topological polar surface area (TPSA) is 147 Å². The van der Waals surface area contributed by atoms with Gasteiger partial charge >= 0.3 is 0 Å². The molecule has 2 aromatic rings. The number of nitrogens with two attached hydrogens (primary N) is 1. The first kappa shape index (κ1) is 16.1. The summed E-state index contributed by atoms with van der Waals surface area (Å²) in [6.07, 6.45) is -0.00575. The highest BCUT2D eigenvalue weighted by Gasteiger charge is 2.44. The van der Waals surface area contributed by atoms with E-state index in [0.717, 1.165) is 5.56 Å². The van der Waals surface area contributed by atoms with Crippen LogP contribution in [0, 0.1) is 0 Å². The lowest BCUT2D eigenvalue weighted by Crippen LogP contribution is -2.33. The fraction of sp³-hybridized carbons (Fsp3) is 0.571. The van der Waals surface area contributed by atoms with Crippen LogP contribution in [0.5, 0.6) is 0 Å². The lowest BCUT2D eigenvalue weighted by molar-refractivity contribution is -0.0509. The van der Waals surface area contributed by atoms with Crippen molar-refractivity contribution in [3.63, 3.8) is 0 Å². The van der Waals surface area contributed by atoms with Gasteiger partial charge in [-0.1, -0.05) is 0 Å². The number of nitrogen functional groups attached to an aromatic ring is 1. The molecule has 1 aliphatic heterocycles. The summed E-state index contributed by atoms with van der Waals surface area (Å²) in [6, 6.07) is 0. The van der Waals surface area contributed by atoms with E-state index in [1.54, 1.807) is 10.8 Å². The quantitative estimate of drug-likeness (QED) is 0.449. The molecule has 3 rings (SSSR count). The molecule has 1 saturated heterocycles. The van der Waals surface area contributed by atoms with Gasteiger partial charge in [0, 0.05) is 12.8 Å². The van der Waals surface area contributed by atoms with Crippen molar-refractivity contribution in [2.45, 2.75) is 37.4 Å². The van der Waals surface area contributed by atoms with E-state index in [1.165, 1.54) is 6.33 Å². The van der Waals surface area contributed by atoms with E-state index >= 15 is 0 Å². The number of aromatic nitrogens is 3. The lowest BCUT2D eigenvalue weighted by atomic mass is 10.1. The Morgan fingerprint density at radius 1 is 1.22 bits per heavy atom. The van der Waals surface area contributed by atoms with Crippen LogP contribution in [-0.2, 0) is 11.2 Å². The van der Waals surface area contributed by atoms with Crippen LogP contribution in [0.4, 0.5) is 5.82 Å². The number of aliphatic hydroxyl groups excluding tert-OH is 4. The maximum absolute atomic E-state index is 10.2. The number of anilines is 1. The van der Waals surface area contributed by atoms with Crippen molar-refractivity contribution in [2.75, 3.05) is 18.9 Å². The first-order valence-electron chi connectivity index (χ1n) is 7.41. The number of ether oxygens (including phenoxy) is 1. The van der Waals surface area contributed by atoms with Gasteiger partial charge in [0.15, 0.2) is 6.23 Å². The summed E-state index contributed by atoms with van der Waals surface area (Å²) in [7, 11) is 0. The molecule has 23 heavy (non-hydrogen) atoms. The molecule has 3 heterocycles. The molecule has 0 bridgehead atoms. The summed E-state index contributed by atoms with van der Waals surface area (Å²) in [5.74, 6) is 0.299. The van der Waals surface area contributed by atoms with Crippen LogP contribution >= 0.6 is 0 Å². The molecule has 2 aromatic heterocycles. The third kappa shape index (κ3) is 2.66. The van der Waals surface area contributed by atoms with Crippen molar-refractivity contribution in [2.24, 2.45) is 0 Å². The number of nitrogens with zero attached hydrogens (tertiary/aromatic N) is 3. The maximum atomic E-state index is 10.2. The predicted molar refractivity (Wildman–Crippen MR) is 80.4 cm³/mol. The zero-order valence-corrected chi connectivity index (χ0v) is 12.4. The smallest absolute Gasteiger partial charge is 0.164 e. The highest BCUT2D eigenvalue weighted by atomic mass is 16.6. The molecule has 9 heteroatoms. The molecule has 0 amide bonds. The number of aryl methyl sites for hydroxylation is 1. The second-order valence-electron chi connectivity index (χ2n) is 5.58. The first-order chi connectivity index (χ1) is 11.1. The summed E-state index contributed by atoms with van der Waals surface area (Å²) in [5.41, 5.74) is 7.23. The van der Waals surface area contributed by atoms with Crippen LogP contribution in [0.25, 0.3) is 11.0 Å². The Hall–Kier alpha value is -1.78. The molecule has 0 aromatic carbocycles. The Labute approximate surface area is 132 Å². The molecule has 0 aliphatic carbocycles. The molecule has 9 nitrogen and oxygen atoms in total. The fourth-order valence-electron chi connectivity index (χ4n) is 2.95. The highest BCUT2D eigenvalue weighted by molar-refractivity contribution is 5.89. The van der Waals surface area contributed by atoms with Crippen LogP contribution in [0.2, 0.25) is 0 Å². The number of hydrogen-bond donors (Lipinski definition) is 5. The summed E-state index contributed by atoms with van der Waals surface area (Å²) in [4.78, 5) is 8.18. The van der Waals surface area contributed by atoms with Gasteiger partial charge < -0.3 is 35.5 Å². The van der Waals surface area contributed by atoms with E-state index in [-0.39, 0.29) is 6.61 Å². The van der Waals surface area contributed by atoms with Gasteiger partial charge in [0.05, 0.1) is 12.0 Å². The zero-order valence-electron chi connectivity index (χ0n) is 12.4. The average Bonchev–Trinajstić information content (AvgIpc) is 3.05. The number of aliphatic hydroxyl groups is 4. The van der Waals surface area contributed by atoms with Gasteiger partial charge in [-0.2, -0.15) is 0 Å². The number of hydrogen-bond acceptors (Lipinski definition) is 8. The van der Waals surface area contributed by atoms with E-state index in [4.69, 9.17) is 15.6 Å². The Morgan fingerprint density at radius 2 is 2.00 bits per heavy atom. The molecule has 6 N–H and O–H groups in total. The van der Waals surface area contributed by atoms with E-state index in [9.17, 15) is 15.3 Å². The summed E-state index contributed by atoms with van der Waals surface area (Å²) in [5, 5.41) is 39.0. The van der Waals surface area contributed by atoms with Gasteiger partial charge in [-0.3, -0.25) is 0 Å². The maximum Gasteiger partial charge on any atom is 0.164 e. The number of rotatable bonds is 5. The van der Waals surface area contributed by atoms with Crippen molar-refractivity contribution in [1.82, 2.24) is 14.5 Å². The third-order valence-electron chi connectivity index (χ3n) is 4.11. The van der Waals surface area contributed by atoms with E-state index in [1.807, 2.05) is 0 Å². The molecular formula is C14H20N4O5. The van der Waals surface area contributed by atoms with Crippen molar-refractivity contribution < 1.29 is 25.2 Å². The first-order valence-corrected chi connectivity index (χ1v) is 7.41.